The fraction of sp³-hybridized carbons (Fsp3) is 0.0312. The minimum Gasteiger partial charge on any atom is -0.187 e. The molecule has 1 aromatic heterocycles. The largest absolute Gasteiger partial charge is 0.213 e. The maximum atomic E-state index is 2.41. The van der Waals surface area contributed by atoms with Gasteiger partial charge in [-0.3, -0.25) is 0 Å². The van der Waals surface area contributed by atoms with Gasteiger partial charge in [0, 0.05) is 29.3 Å². The van der Waals surface area contributed by atoms with Crippen LogP contribution in [0.15, 0.2) is 133 Å². The lowest BCUT2D eigenvalue weighted by molar-refractivity contribution is -0.679. The van der Waals surface area contributed by atoms with Crippen LogP contribution in [0.25, 0.3) is 34.5 Å². The van der Waals surface area contributed by atoms with E-state index in [0.29, 0.717) is 0 Å². The molecule has 158 valence electrons. The second kappa shape index (κ2) is 9.93. The Bertz CT molecular complexity index is 1340. The van der Waals surface area contributed by atoms with Gasteiger partial charge in [-0.2, -0.15) is 4.57 Å². The van der Waals surface area contributed by atoms with Gasteiger partial charge in [-0.05, 0) is 34.9 Å². The van der Waals surface area contributed by atoms with E-state index in [1.807, 2.05) is 0 Å². The highest BCUT2D eigenvalue weighted by molar-refractivity contribution is 5.74. The monoisotopic (exact) mass is 424 g/mol. The van der Waals surface area contributed by atoms with Gasteiger partial charge < -0.3 is 0 Å². The lowest BCUT2D eigenvalue weighted by atomic mass is 10.0. The fourth-order valence-corrected chi connectivity index (χ4v) is 4.11. The number of aromatic nitrogens is 1. The molecule has 0 saturated carbocycles. The summed E-state index contributed by atoms with van der Waals surface area (Å²) in [5.74, 6) is 0. The molecule has 5 aromatic rings. The zero-order valence-corrected chi connectivity index (χ0v) is 18.5. The van der Waals surface area contributed by atoms with E-state index in [-0.39, 0.29) is 0 Å². The van der Waals surface area contributed by atoms with Crippen molar-refractivity contribution in [1.29, 1.82) is 0 Å². The summed E-state index contributed by atoms with van der Waals surface area (Å²) >= 11 is 0. The van der Waals surface area contributed by atoms with E-state index in [4.69, 9.17) is 0 Å². The summed E-state index contributed by atoms with van der Waals surface area (Å²) in [6, 6.07) is 47.0. The molecule has 4 aromatic carbocycles. The Morgan fingerprint density at radius 3 is 1.67 bits per heavy atom. The smallest absolute Gasteiger partial charge is 0.187 e. The Morgan fingerprint density at radius 2 is 1.03 bits per heavy atom. The van der Waals surface area contributed by atoms with Gasteiger partial charge in [0.15, 0.2) is 6.54 Å². The molecule has 0 saturated heterocycles. The van der Waals surface area contributed by atoms with Gasteiger partial charge >= 0.3 is 0 Å². The van der Waals surface area contributed by atoms with Gasteiger partial charge in [0.1, 0.15) is 0 Å². The van der Waals surface area contributed by atoms with Crippen LogP contribution in [0.5, 0.6) is 0 Å². The van der Waals surface area contributed by atoms with Crippen molar-refractivity contribution in [3.8, 4) is 22.4 Å². The van der Waals surface area contributed by atoms with Crippen molar-refractivity contribution in [2.24, 2.45) is 0 Å². The lowest BCUT2D eigenvalue weighted by Crippen LogP contribution is -2.40. The molecule has 1 heteroatoms. The van der Waals surface area contributed by atoms with Crippen LogP contribution in [-0.2, 0) is 6.54 Å². The van der Waals surface area contributed by atoms with Crippen LogP contribution >= 0.6 is 0 Å². The third-order valence-corrected chi connectivity index (χ3v) is 5.80. The molecule has 0 unspecified atom stereocenters. The van der Waals surface area contributed by atoms with Crippen molar-refractivity contribution in [2.75, 3.05) is 0 Å². The van der Waals surface area contributed by atoms with Gasteiger partial charge in [-0.1, -0.05) is 109 Å². The number of pyridine rings is 1. The molecule has 0 aliphatic rings. The number of nitrogens with zero attached hydrogens (tertiary/aromatic N) is 1. The van der Waals surface area contributed by atoms with Crippen molar-refractivity contribution in [1.82, 2.24) is 0 Å². The number of hydrogen-bond acceptors (Lipinski definition) is 0. The summed E-state index contributed by atoms with van der Waals surface area (Å²) in [6.45, 7) is 0.800. The van der Waals surface area contributed by atoms with E-state index in [1.54, 1.807) is 0 Å². The number of benzene rings is 4. The first-order valence-electron chi connectivity index (χ1n) is 11.3. The molecule has 33 heavy (non-hydrogen) atoms. The molecule has 1 nitrogen and oxygen atoms in total. The number of hydrogen-bond donors (Lipinski definition) is 0. The van der Waals surface area contributed by atoms with E-state index >= 15 is 0 Å². The molecular formula is C32H26N+. The molecule has 0 radical (unpaired) electrons. The summed E-state index contributed by atoms with van der Waals surface area (Å²) in [5.41, 5.74) is 8.48. The van der Waals surface area contributed by atoms with Gasteiger partial charge in [0.2, 0.25) is 11.4 Å². The Kier molecular flexibility index (Phi) is 6.22. The zero-order chi connectivity index (χ0) is 22.3. The second-order valence-corrected chi connectivity index (χ2v) is 8.10. The van der Waals surface area contributed by atoms with Crippen LogP contribution < -0.4 is 4.57 Å². The van der Waals surface area contributed by atoms with E-state index < -0.39 is 0 Å². The van der Waals surface area contributed by atoms with E-state index in [1.165, 1.54) is 39.2 Å². The second-order valence-electron chi connectivity index (χ2n) is 8.10. The maximum Gasteiger partial charge on any atom is 0.213 e. The molecule has 1 heterocycles. The molecule has 0 amide bonds. The molecule has 0 bridgehead atoms. The minimum atomic E-state index is 0.800. The van der Waals surface area contributed by atoms with Crippen LogP contribution in [0.3, 0.4) is 0 Å². The SMILES string of the molecule is C(=C\c1cc(-c2ccccc2)cc(-c2ccccc2)[n+]1Cc1ccccc1)/c1ccccc1. The summed E-state index contributed by atoms with van der Waals surface area (Å²) < 4.78 is 2.41. The quantitative estimate of drug-likeness (QED) is 0.248. The average Bonchev–Trinajstić information content (AvgIpc) is 2.90. The third kappa shape index (κ3) is 4.99. The van der Waals surface area contributed by atoms with Crippen LogP contribution in [0.4, 0.5) is 0 Å². The number of rotatable bonds is 6. The van der Waals surface area contributed by atoms with Crippen LogP contribution in [0, 0.1) is 0 Å². The van der Waals surface area contributed by atoms with Crippen LogP contribution in [-0.4, -0.2) is 0 Å². The van der Waals surface area contributed by atoms with E-state index in [2.05, 4.69) is 150 Å². The molecule has 0 atom stereocenters. The molecule has 0 aliphatic heterocycles. The molecule has 5 rings (SSSR count). The summed E-state index contributed by atoms with van der Waals surface area (Å²) in [4.78, 5) is 0. The first kappa shape index (κ1) is 20.7. The Balaban J connectivity index is 1.72. The maximum absolute atomic E-state index is 2.41. The topological polar surface area (TPSA) is 3.88 Å². The zero-order valence-electron chi connectivity index (χ0n) is 18.5. The third-order valence-electron chi connectivity index (χ3n) is 5.80. The van der Waals surface area contributed by atoms with Gasteiger partial charge in [-0.15, -0.1) is 0 Å². The normalized spacial score (nSPS) is 11.0. The molecule has 0 aliphatic carbocycles. The summed E-state index contributed by atoms with van der Waals surface area (Å²) in [6.07, 6.45) is 4.43. The van der Waals surface area contributed by atoms with Gasteiger partial charge in [0.05, 0.1) is 0 Å². The fourth-order valence-electron chi connectivity index (χ4n) is 4.11. The van der Waals surface area contributed by atoms with Gasteiger partial charge in [-0.25, -0.2) is 0 Å². The highest BCUT2D eigenvalue weighted by atomic mass is 15.0. The molecule has 0 N–H and O–H groups in total. The highest BCUT2D eigenvalue weighted by Crippen LogP contribution is 2.26. The lowest BCUT2D eigenvalue weighted by Gasteiger charge is -2.11. The Labute approximate surface area is 195 Å². The Hall–Kier alpha value is -4.23. The van der Waals surface area contributed by atoms with Crippen molar-refractivity contribution >= 4 is 12.2 Å². The predicted octanol–water partition coefficient (Wildman–Crippen LogP) is 7.53. The van der Waals surface area contributed by atoms with E-state index in [0.717, 1.165) is 6.54 Å². The van der Waals surface area contributed by atoms with Crippen molar-refractivity contribution in [3.63, 3.8) is 0 Å². The van der Waals surface area contributed by atoms with E-state index in [9.17, 15) is 0 Å². The van der Waals surface area contributed by atoms with Crippen molar-refractivity contribution < 1.29 is 4.57 Å². The molecular weight excluding hydrogens is 398 g/mol. The standard InChI is InChI=1S/C32H26N/c1-5-13-26(14-6-1)21-22-31-23-30(28-17-9-3-10-18-28)24-32(29-19-11-4-12-20-29)33(31)25-27-15-7-2-8-16-27/h1-24H,25H2/q+1/b22-21+. The highest BCUT2D eigenvalue weighted by Gasteiger charge is 2.20. The van der Waals surface area contributed by atoms with Crippen LogP contribution in [0.2, 0.25) is 0 Å². The first-order chi connectivity index (χ1) is 16.4. The minimum absolute atomic E-state index is 0.800. The molecule has 0 spiro atoms. The predicted molar refractivity (Wildman–Crippen MR) is 138 cm³/mol. The summed E-state index contributed by atoms with van der Waals surface area (Å²) in [5, 5.41) is 0. The van der Waals surface area contributed by atoms with Crippen molar-refractivity contribution in [2.45, 2.75) is 6.54 Å². The molecule has 0 fully saturated rings. The Morgan fingerprint density at radius 1 is 0.485 bits per heavy atom. The summed E-state index contributed by atoms with van der Waals surface area (Å²) in [7, 11) is 0. The van der Waals surface area contributed by atoms with Gasteiger partial charge in [0.25, 0.3) is 0 Å². The van der Waals surface area contributed by atoms with Crippen LogP contribution in [0.1, 0.15) is 16.8 Å². The van der Waals surface area contributed by atoms with Crippen molar-refractivity contribution in [3.05, 3.63) is 150 Å². The average molecular weight is 425 g/mol. The first-order valence-corrected chi connectivity index (χ1v) is 11.3.